The Morgan fingerprint density at radius 1 is 1.46 bits per heavy atom. The Hall–Kier alpha value is -0.570. The van der Waals surface area contributed by atoms with Crippen molar-refractivity contribution in [3.63, 3.8) is 0 Å². The fourth-order valence-corrected chi connectivity index (χ4v) is 1.56. The molecule has 0 aromatic heterocycles. The normalized spacial score (nSPS) is 24.1. The highest BCUT2D eigenvalue weighted by atomic mass is 16.5. The lowest BCUT2D eigenvalue weighted by Crippen LogP contribution is -2.41. The maximum absolute atomic E-state index is 11.5. The van der Waals surface area contributed by atoms with Crippen LogP contribution in [-0.4, -0.2) is 24.7 Å². The highest BCUT2D eigenvalue weighted by Gasteiger charge is 2.40. The number of nitrogens with one attached hydrogen (secondary N) is 1. The van der Waals surface area contributed by atoms with E-state index in [2.05, 4.69) is 5.32 Å². The van der Waals surface area contributed by atoms with Gasteiger partial charge in [0.25, 0.3) is 0 Å². The summed E-state index contributed by atoms with van der Waals surface area (Å²) in [6, 6.07) is 0.586. The molecule has 2 fully saturated rings. The van der Waals surface area contributed by atoms with Crippen LogP contribution in [0.5, 0.6) is 0 Å². The first-order valence-corrected chi connectivity index (χ1v) is 5.24. The van der Waals surface area contributed by atoms with E-state index >= 15 is 0 Å². The van der Waals surface area contributed by atoms with E-state index < -0.39 is 0 Å². The van der Waals surface area contributed by atoms with Gasteiger partial charge in [-0.1, -0.05) is 0 Å². The van der Waals surface area contributed by atoms with E-state index in [1.54, 1.807) is 0 Å². The average molecular weight is 183 g/mol. The molecule has 3 heteroatoms. The summed E-state index contributed by atoms with van der Waals surface area (Å²) >= 11 is 0. The van der Waals surface area contributed by atoms with Crippen LogP contribution in [-0.2, 0) is 9.53 Å². The molecule has 1 atom stereocenters. The lowest BCUT2D eigenvalue weighted by molar-refractivity contribution is -0.146. The summed E-state index contributed by atoms with van der Waals surface area (Å²) in [6.45, 7) is 2.35. The smallest absolute Gasteiger partial charge is 0.323 e. The third-order valence-electron chi connectivity index (χ3n) is 2.63. The van der Waals surface area contributed by atoms with E-state index in [0.717, 1.165) is 0 Å². The number of ether oxygens (including phenoxy) is 1. The summed E-state index contributed by atoms with van der Waals surface area (Å²) in [4.78, 5) is 11.5. The minimum atomic E-state index is -0.0445. The second-order valence-corrected chi connectivity index (χ2v) is 4.01. The minimum Gasteiger partial charge on any atom is -0.465 e. The van der Waals surface area contributed by atoms with Crippen molar-refractivity contribution in [2.45, 2.75) is 44.7 Å². The average Bonchev–Trinajstić information content (AvgIpc) is 2.95. The van der Waals surface area contributed by atoms with Crippen LogP contribution in [0.1, 0.15) is 32.6 Å². The van der Waals surface area contributed by atoms with Gasteiger partial charge in [0.1, 0.15) is 6.04 Å². The van der Waals surface area contributed by atoms with E-state index in [4.69, 9.17) is 4.74 Å². The summed E-state index contributed by atoms with van der Waals surface area (Å²) in [5, 5.41) is 3.36. The largest absolute Gasteiger partial charge is 0.465 e. The highest BCUT2D eigenvalue weighted by molar-refractivity contribution is 5.76. The predicted molar refractivity (Wildman–Crippen MR) is 49.3 cm³/mol. The van der Waals surface area contributed by atoms with Crippen LogP contribution < -0.4 is 5.32 Å². The molecule has 0 saturated heterocycles. The van der Waals surface area contributed by atoms with Crippen LogP contribution in [0, 0.1) is 5.92 Å². The molecule has 0 aromatic carbocycles. The van der Waals surface area contributed by atoms with Crippen molar-refractivity contribution in [3.8, 4) is 0 Å². The third-order valence-corrected chi connectivity index (χ3v) is 2.63. The third kappa shape index (κ3) is 2.44. The summed E-state index contributed by atoms with van der Waals surface area (Å²) in [5.74, 6) is 0.511. The molecule has 0 aromatic rings. The quantitative estimate of drug-likeness (QED) is 0.648. The molecule has 1 N–H and O–H groups in total. The number of esters is 1. The molecule has 0 bridgehead atoms. The van der Waals surface area contributed by atoms with E-state index in [0.29, 0.717) is 18.6 Å². The van der Waals surface area contributed by atoms with E-state index in [1.165, 1.54) is 25.7 Å². The maximum Gasteiger partial charge on any atom is 0.323 e. The summed E-state index contributed by atoms with van der Waals surface area (Å²) in [5.41, 5.74) is 0. The molecule has 74 valence electrons. The second kappa shape index (κ2) is 3.66. The lowest BCUT2D eigenvalue weighted by atomic mass is 10.2. The Bertz CT molecular complexity index is 197. The van der Waals surface area contributed by atoms with Gasteiger partial charge in [-0.05, 0) is 38.5 Å². The fourth-order valence-electron chi connectivity index (χ4n) is 1.56. The number of carbonyl (C=O) groups is 1. The van der Waals surface area contributed by atoms with Crippen molar-refractivity contribution >= 4 is 5.97 Å². The van der Waals surface area contributed by atoms with Gasteiger partial charge in [-0.25, -0.2) is 0 Å². The first-order chi connectivity index (χ1) is 6.31. The predicted octanol–water partition coefficient (Wildman–Crippen LogP) is 1.08. The van der Waals surface area contributed by atoms with Crippen LogP contribution in [0.15, 0.2) is 0 Å². The first-order valence-electron chi connectivity index (χ1n) is 5.24. The molecular weight excluding hydrogens is 166 g/mol. The molecule has 0 heterocycles. The maximum atomic E-state index is 11.5. The molecule has 3 nitrogen and oxygen atoms in total. The van der Waals surface area contributed by atoms with Gasteiger partial charge in [0.15, 0.2) is 0 Å². The van der Waals surface area contributed by atoms with Crippen LogP contribution in [0.3, 0.4) is 0 Å². The van der Waals surface area contributed by atoms with Gasteiger partial charge in [0.05, 0.1) is 6.61 Å². The molecule has 1 unspecified atom stereocenters. The molecule has 2 saturated carbocycles. The molecule has 2 aliphatic rings. The first kappa shape index (κ1) is 9.00. The van der Waals surface area contributed by atoms with Crippen LogP contribution in [0.4, 0.5) is 0 Å². The molecule has 2 aliphatic carbocycles. The van der Waals surface area contributed by atoms with Crippen molar-refractivity contribution < 1.29 is 9.53 Å². The van der Waals surface area contributed by atoms with Gasteiger partial charge >= 0.3 is 5.97 Å². The van der Waals surface area contributed by atoms with Gasteiger partial charge in [0, 0.05) is 6.04 Å². The van der Waals surface area contributed by atoms with Crippen LogP contribution in [0.25, 0.3) is 0 Å². The van der Waals surface area contributed by atoms with Crippen LogP contribution >= 0.6 is 0 Å². The topological polar surface area (TPSA) is 38.3 Å². The SMILES string of the molecule is CCOC(=O)C(NC1CC1)C1CC1. The Morgan fingerprint density at radius 2 is 2.15 bits per heavy atom. The zero-order valence-corrected chi connectivity index (χ0v) is 8.08. The van der Waals surface area contributed by atoms with E-state index in [1.807, 2.05) is 6.92 Å². The second-order valence-electron chi connectivity index (χ2n) is 4.01. The molecule has 0 amide bonds. The Kier molecular flexibility index (Phi) is 2.54. The molecule has 13 heavy (non-hydrogen) atoms. The van der Waals surface area contributed by atoms with Gasteiger partial charge in [-0.3, -0.25) is 4.79 Å². The monoisotopic (exact) mass is 183 g/mol. The van der Waals surface area contributed by atoms with Gasteiger partial charge in [-0.15, -0.1) is 0 Å². The van der Waals surface area contributed by atoms with E-state index in [-0.39, 0.29) is 12.0 Å². The molecular formula is C10H17NO2. The summed E-state index contributed by atoms with van der Waals surface area (Å²) < 4.78 is 5.03. The zero-order valence-electron chi connectivity index (χ0n) is 8.08. The van der Waals surface area contributed by atoms with Gasteiger partial charge in [-0.2, -0.15) is 0 Å². The number of carbonyl (C=O) groups excluding carboxylic acids is 1. The summed E-state index contributed by atoms with van der Waals surface area (Å²) in [7, 11) is 0. The number of hydrogen-bond donors (Lipinski definition) is 1. The van der Waals surface area contributed by atoms with Crippen molar-refractivity contribution in [1.29, 1.82) is 0 Å². The number of rotatable bonds is 5. The van der Waals surface area contributed by atoms with Crippen LogP contribution in [0.2, 0.25) is 0 Å². The van der Waals surface area contributed by atoms with Crippen molar-refractivity contribution in [2.24, 2.45) is 5.92 Å². The standard InChI is InChI=1S/C10H17NO2/c1-2-13-10(12)9(7-3-4-7)11-8-5-6-8/h7-9,11H,2-6H2,1H3. The van der Waals surface area contributed by atoms with Crippen molar-refractivity contribution in [3.05, 3.63) is 0 Å². The Labute approximate surface area is 78.8 Å². The number of hydrogen-bond acceptors (Lipinski definition) is 3. The Balaban J connectivity index is 1.83. The van der Waals surface area contributed by atoms with Gasteiger partial charge < -0.3 is 10.1 Å². The molecule has 0 aliphatic heterocycles. The Morgan fingerprint density at radius 3 is 2.62 bits per heavy atom. The van der Waals surface area contributed by atoms with Crippen molar-refractivity contribution in [1.82, 2.24) is 5.32 Å². The summed E-state index contributed by atoms with van der Waals surface area (Å²) in [6.07, 6.45) is 4.82. The molecule has 2 rings (SSSR count). The molecule has 0 spiro atoms. The van der Waals surface area contributed by atoms with E-state index in [9.17, 15) is 4.79 Å². The van der Waals surface area contributed by atoms with Gasteiger partial charge in [0.2, 0.25) is 0 Å². The fraction of sp³-hybridized carbons (Fsp3) is 0.900. The highest BCUT2D eigenvalue weighted by Crippen LogP contribution is 2.35. The molecule has 0 radical (unpaired) electrons. The minimum absolute atomic E-state index is 0.00699. The lowest BCUT2D eigenvalue weighted by Gasteiger charge is -2.15. The van der Waals surface area contributed by atoms with Crippen molar-refractivity contribution in [2.75, 3.05) is 6.61 Å². The zero-order chi connectivity index (χ0) is 9.26.